The Kier molecular flexibility index (Phi) is 14.8. The van der Waals surface area contributed by atoms with Crippen LogP contribution in [0.2, 0.25) is 0 Å². The van der Waals surface area contributed by atoms with Gasteiger partial charge in [0.1, 0.15) is 6.23 Å². The summed E-state index contributed by atoms with van der Waals surface area (Å²) in [5.74, 6) is 0.0715. The third-order valence-corrected chi connectivity index (χ3v) is 6.55. The zero-order valence-corrected chi connectivity index (χ0v) is 23.0. The van der Waals surface area contributed by atoms with Gasteiger partial charge in [-0.3, -0.25) is 10.1 Å². The molecule has 0 fully saturated rings. The molecule has 0 heterocycles. The predicted octanol–water partition coefficient (Wildman–Crippen LogP) is 3.88. The van der Waals surface area contributed by atoms with Gasteiger partial charge in [-0.15, -0.1) is 0 Å². The van der Waals surface area contributed by atoms with E-state index in [0.29, 0.717) is 38.2 Å². The monoisotopic (exact) mass is 543 g/mol. The first-order valence-electron chi connectivity index (χ1n) is 13.8. The number of aromatic hydroxyl groups is 3. The van der Waals surface area contributed by atoms with E-state index in [2.05, 4.69) is 5.32 Å². The van der Waals surface area contributed by atoms with Crippen LogP contribution in [0.3, 0.4) is 0 Å². The van der Waals surface area contributed by atoms with Gasteiger partial charge in [0.2, 0.25) is 5.91 Å². The fraction of sp³-hybridized carbons (Fsp3) is 0.500. The molecule has 0 aliphatic carbocycles. The Bertz CT molecular complexity index is 1030. The molecule has 1 atom stereocenters. The van der Waals surface area contributed by atoms with Gasteiger partial charge >= 0.3 is 0 Å². The fourth-order valence-electron chi connectivity index (χ4n) is 4.23. The van der Waals surface area contributed by atoms with Gasteiger partial charge in [0.15, 0.2) is 23.0 Å². The number of unbranched alkanes of at least 4 members (excludes halogenated alkanes) is 5. The van der Waals surface area contributed by atoms with Crippen LogP contribution in [0.1, 0.15) is 62.5 Å². The first-order valence-corrected chi connectivity index (χ1v) is 13.8. The number of aliphatic hydroxyl groups is 1. The van der Waals surface area contributed by atoms with Crippen molar-refractivity contribution in [2.24, 2.45) is 5.73 Å². The normalized spacial score (nSPS) is 12.1. The van der Waals surface area contributed by atoms with Gasteiger partial charge in [-0.2, -0.15) is 0 Å². The molecule has 0 saturated heterocycles. The van der Waals surface area contributed by atoms with E-state index in [9.17, 15) is 25.2 Å². The summed E-state index contributed by atoms with van der Waals surface area (Å²) in [6, 6.07) is 9.72. The van der Waals surface area contributed by atoms with E-state index >= 15 is 0 Å². The van der Waals surface area contributed by atoms with Crippen LogP contribution in [-0.2, 0) is 11.2 Å². The van der Waals surface area contributed by atoms with Crippen molar-refractivity contribution in [1.82, 2.24) is 10.2 Å². The number of benzene rings is 2. The first-order chi connectivity index (χ1) is 18.8. The average Bonchev–Trinajstić information content (AvgIpc) is 2.93. The number of hydrogen-bond donors (Lipinski definition) is 6. The molecule has 0 saturated carbocycles. The standard InChI is InChI=1S/C30H45N3O6/c1-39-28-14-10-24(22-27(28)36)12-16-30(38)33(20-8-17-31)19-7-5-3-2-4-6-18-32-29(37)15-11-23-9-13-25(34)26(35)21-23/h9-10,12-14,16,21-22,29,32,34-37H,2-8,11,15,17-20,31H2,1H3/b16-12+/t29-/m0/s1. The molecule has 9 heteroatoms. The molecule has 9 nitrogen and oxygen atoms in total. The van der Waals surface area contributed by atoms with Crippen molar-refractivity contribution in [3.8, 4) is 23.0 Å². The summed E-state index contributed by atoms with van der Waals surface area (Å²) in [5, 5.41) is 42.1. The van der Waals surface area contributed by atoms with Crippen LogP contribution in [0.15, 0.2) is 42.5 Å². The number of nitrogens with two attached hydrogens (primary N) is 1. The lowest BCUT2D eigenvalue weighted by Crippen LogP contribution is -2.32. The quantitative estimate of drug-likeness (QED) is 0.0677. The van der Waals surface area contributed by atoms with Crippen LogP contribution in [-0.4, -0.2) is 70.7 Å². The largest absolute Gasteiger partial charge is 0.504 e. The van der Waals surface area contributed by atoms with E-state index in [-0.39, 0.29) is 23.2 Å². The molecular weight excluding hydrogens is 498 g/mol. The SMILES string of the molecule is COc1ccc(/C=C/C(=O)N(CCCN)CCCCCCCCN[C@@H](O)CCc2ccc(O)c(O)c2)cc1O. The minimum absolute atomic E-state index is 0.0338. The molecule has 216 valence electrons. The van der Waals surface area contributed by atoms with Crippen molar-refractivity contribution < 1.29 is 30.0 Å². The molecule has 0 aromatic heterocycles. The molecule has 39 heavy (non-hydrogen) atoms. The lowest BCUT2D eigenvalue weighted by Gasteiger charge is -2.21. The Morgan fingerprint density at radius 2 is 1.67 bits per heavy atom. The number of rotatable bonds is 19. The summed E-state index contributed by atoms with van der Waals surface area (Å²) in [7, 11) is 1.49. The van der Waals surface area contributed by atoms with Crippen LogP contribution in [0.25, 0.3) is 6.08 Å². The topological polar surface area (TPSA) is 149 Å². The van der Waals surface area contributed by atoms with Crippen molar-refractivity contribution in [1.29, 1.82) is 0 Å². The number of methoxy groups -OCH3 is 1. The summed E-state index contributed by atoms with van der Waals surface area (Å²) in [5.41, 5.74) is 7.24. The Hall–Kier alpha value is -3.27. The van der Waals surface area contributed by atoms with E-state index in [4.69, 9.17) is 10.5 Å². The number of carbonyl (C=O) groups is 1. The van der Waals surface area contributed by atoms with E-state index in [0.717, 1.165) is 62.6 Å². The smallest absolute Gasteiger partial charge is 0.246 e. The zero-order chi connectivity index (χ0) is 28.5. The number of phenolic OH excluding ortho intramolecular Hbond substituents is 3. The number of aliphatic hydroxyl groups excluding tert-OH is 1. The van der Waals surface area contributed by atoms with Gasteiger partial charge in [-0.05, 0) is 86.7 Å². The predicted molar refractivity (Wildman–Crippen MR) is 154 cm³/mol. The maximum atomic E-state index is 12.7. The molecule has 0 aliphatic heterocycles. The average molecular weight is 544 g/mol. The molecule has 0 spiro atoms. The molecule has 2 rings (SSSR count). The highest BCUT2D eigenvalue weighted by molar-refractivity contribution is 5.91. The van der Waals surface area contributed by atoms with Crippen LogP contribution >= 0.6 is 0 Å². The van der Waals surface area contributed by atoms with Gasteiger partial charge in [0, 0.05) is 19.2 Å². The number of hydrogen-bond acceptors (Lipinski definition) is 8. The summed E-state index contributed by atoms with van der Waals surface area (Å²) < 4.78 is 5.05. The van der Waals surface area contributed by atoms with Crippen molar-refractivity contribution in [2.45, 2.75) is 64.0 Å². The molecule has 2 aromatic carbocycles. The maximum Gasteiger partial charge on any atom is 0.246 e. The highest BCUT2D eigenvalue weighted by Crippen LogP contribution is 2.27. The number of carbonyl (C=O) groups excluding carboxylic acids is 1. The van der Waals surface area contributed by atoms with E-state index in [1.165, 1.54) is 25.3 Å². The molecule has 0 bridgehead atoms. The highest BCUT2D eigenvalue weighted by Gasteiger charge is 2.10. The highest BCUT2D eigenvalue weighted by atomic mass is 16.5. The Morgan fingerprint density at radius 1 is 0.949 bits per heavy atom. The number of phenols is 3. The molecule has 7 N–H and O–H groups in total. The molecule has 2 aromatic rings. The third-order valence-electron chi connectivity index (χ3n) is 6.55. The third kappa shape index (κ3) is 12.4. The maximum absolute atomic E-state index is 12.7. The lowest BCUT2D eigenvalue weighted by molar-refractivity contribution is -0.126. The van der Waals surface area contributed by atoms with Crippen LogP contribution < -0.4 is 15.8 Å². The van der Waals surface area contributed by atoms with Crippen molar-refractivity contribution in [3.05, 3.63) is 53.6 Å². The van der Waals surface area contributed by atoms with Gasteiger partial charge in [-0.1, -0.05) is 37.8 Å². The van der Waals surface area contributed by atoms with Crippen LogP contribution in [0.4, 0.5) is 0 Å². The second-order valence-corrected chi connectivity index (χ2v) is 9.69. The number of amides is 1. The van der Waals surface area contributed by atoms with E-state index in [1.54, 1.807) is 30.3 Å². The lowest BCUT2D eigenvalue weighted by atomic mass is 10.1. The molecular formula is C30H45N3O6. The van der Waals surface area contributed by atoms with Crippen LogP contribution in [0.5, 0.6) is 23.0 Å². The summed E-state index contributed by atoms with van der Waals surface area (Å²) in [6.45, 7) is 2.57. The minimum atomic E-state index is -0.609. The number of nitrogens with one attached hydrogen (secondary N) is 1. The summed E-state index contributed by atoms with van der Waals surface area (Å²) in [6.07, 6.45) is 10.7. The number of aryl methyl sites for hydroxylation is 1. The molecule has 0 unspecified atom stereocenters. The fourth-order valence-corrected chi connectivity index (χ4v) is 4.23. The van der Waals surface area contributed by atoms with Crippen molar-refractivity contribution >= 4 is 12.0 Å². The van der Waals surface area contributed by atoms with Crippen molar-refractivity contribution in [2.75, 3.05) is 33.3 Å². The van der Waals surface area contributed by atoms with Crippen molar-refractivity contribution in [3.63, 3.8) is 0 Å². The number of nitrogens with zero attached hydrogens (tertiary/aromatic N) is 1. The van der Waals surface area contributed by atoms with E-state index < -0.39 is 6.23 Å². The van der Waals surface area contributed by atoms with Gasteiger partial charge in [0.25, 0.3) is 0 Å². The van der Waals surface area contributed by atoms with Gasteiger partial charge in [0.05, 0.1) is 7.11 Å². The number of ether oxygens (including phenoxy) is 1. The zero-order valence-electron chi connectivity index (χ0n) is 23.0. The summed E-state index contributed by atoms with van der Waals surface area (Å²) >= 11 is 0. The summed E-state index contributed by atoms with van der Waals surface area (Å²) in [4.78, 5) is 14.6. The molecule has 1 amide bonds. The first kappa shape index (κ1) is 31.9. The second-order valence-electron chi connectivity index (χ2n) is 9.69. The Balaban J connectivity index is 1.59. The van der Waals surface area contributed by atoms with Gasteiger partial charge < -0.3 is 35.8 Å². The molecule has 0 aliphatic rings. The van der Waals surface area contributed by atoms with E-state index in [1.807, 2.05) is 4.90 Å². The second kappa shape index (κ2) is 18.1. The Morgan fingerprint density at radius 3 is 2.36 bits per heavy atom. The Labute approximate surface area is 231 Å². The van der Waals surface area contributed by atoms with Crippen LogP contribution in [0, 0.1) is 0 Å². The van der Waals surface area contributed by atoms with Gasteiger partial charge in [-0.25, -0.2) is 0 Å². The minimum Gasteiger partial charge on any atom is -0.504 e. The molecule has 0 radical (unpaired) electrons.